The van der Waals surface area contributed by atoms with E-state index in [1.54, 1.807) is 30.3 Å². The number of aliphatic hydroxyl groups is 1. The number of rotatable bonds is 8. The summed E-state index contributed by atoms with van der Waals surface area (Å²) in [4.78, 5) is 29.8. The number of likely N-dealkylation sites (tertiary alicyclic amines) is 1. The number of likely N-dealkylation sites (N-methyl/N-ethyl adjacent to an activating group) is 1. The summed E-state index contributed by atoms with van der Waals surface area (Å²) in [6, 6.07) is 22.6. The fraction of sp³-hybridized carbons (Fsp3) is 0.214. The maximum absolute atomic E-state index is 13.2. The van der Waals surface area contributed by atoms with Gasteiger partial charge in [-0.05, 0) is 56.1 Å². The van der Waals surface area contributed by atoms with Crippen molar-refractivity contribution < 1.29 is 24.2 Å². The molecule has 3 aromatic rings. The summed E-state index contributed by atoms with van der Waals surface area (Å²) in [6.45, 7) is 0.879. The molecule has 1 saturated heterocycles. The Hall–Kier alpha value is -4.10. The van der Waals surface area contributed by atoms with Crippen LogP contribution in [0.2, 0.25) is 0 Å². The standard InChI is InChI=1S/C28H28N2O5/c1-29(2)15-16-30-25(19-9-7-14-23(17-19)35-21-11-5-4-6-12-21)24(27(32)28(30)33)26(31)20-10-8-13-22(18-20)34-3/h4-14,17-18,25,31H,15-16H2,1-3H3/b26-24+. The van der Waals surface area contributed by atoms with E-state index in [0.29, 0.717) is 41.5 Å². The number of ketones is 1. The van der Waals surface area contributed by atoms with Crippen LogP contribution in [0.4, 0.5) is 0 Å². The van der Waals surface area contributed by atoms with E-state index in [1.165, 1.54) is 12.0 Å². The number of hydrogen-bond acceptors (Lipinski definition) is 6. The molecule has 4 rings (SSSR count). The molecule has 180 valence electrons. The molecule has 1 atom stereocenters. The number of Topliss-reactive ketones (excluding diaryl/α,β-unsaturated/α-hetero) is 1. The van der Waals surface area contributed by atoms with Gasteiger partial charge in [0.2, 0.25) is 0 Å². The molecule has 1 unspecified atom stereocenters. The number of methoxy groups -OCH3 is 1. The Morgan fingerprint density at radius 1 is 0.914 bits per heavy atom. The first-order valence-corrected chi connectivity index (χ1v) is 11.3. The molecule has 3 aromatic carbocycles. The minimum absolute atomic E-state index is 0.0406. The molecule has 7 heteroatoms. The minimum Gasteiger partial charge on any atom is -0.507 e. The van der Waals surface area contributed by atoms with Crippen LogP contribution >= 0.6 is 0 Å². The molecule has 35 heavy (non-hydrogen) atoms. The van der Waals surface area contributed by atoms with Crippen LogP contribution in [0.15, 0.2) is 84.4 Å². The van der Waals surface area contributed by atoms with Gasteiger partial charge in [0.25, 0.3) is 11.7 Å². The highest BCUT2D eigenvalue weighted by atomic mass is 16.5. The maximum Gasteiger partial charge on any atom is 0.295 e. The molecule has 0 aliphatic carbocycles. The van der Waals surface area contributed by atoms with Crippen LogP contribution in [0, 0.1) is 0 Å². The lowest BCUT2D eigenvalue weighted by Gasteiger charge is -2.27. The second-order valence-corrected chi connectivity index (χ2v) is 8.52. The summed E-state index contributed by atoms with van der Waals surface area (Å²) in [5.41, 5.74) is 1.11. The molecular weight excluding hydrogens is 444 g/mol. The molecule has 0 bridgehead atoms. The summed E-state index contributed by atoms with van der Waals surface area (Å²) in [5.74, 6) is 0.162. The lowest BCUT2D eigenvalue weighted by atomic mass is 9.95. The average molecular weight is 473 g/mol. The fourth-order valence-electron chi connectivity index (χ4n) is 4.06. The third-order valence-corrected chi connectivity index (χ3v) is 5.82. The van der Waals surface area contributed by atoms with Gasteiger partial charge in [0.05, 0.1) is 18.7 Å². The van der Waals surface area contributed by atoms with E-state index in [2.05, 4.69) is 0 Å². The molecule has 0 radical (unpaired) electrons. The first kappa shape index (κ1) is 24.0. The fourth-order valence-corrected chi connectivity index (χ4v) is 4.06. The number of carbonyl (C=O) groups excluding carboxylic acids is 2. The van der Waals surface area contributed by atoms with Crippen molar-refractivity contribution in [3.63, 3.8) is 0 Å². The zero-order valence-corrected chi connectivity index (χ0v) is 20.0. The number of para-hydroxylation sites is 1. The number of aliphatic hydroxyl groups excluding tert-OH is 1. The van der Waals surface area contributed by atoms with Gasteiger partial charge in [-0.25, -0.2) is 0 Å². The van der Waals surface area contributed by atoms with Gasteiger partial charge in [-0.2, -0.15) is 0 Å². The number of ether oxygens (including phenoxy) is 2. The van der Waals surface area contributed by atoms with Crippen molar-refractivity contribution in [1.82, 2.24) is 9.80 Å². The molecule has 1 aliphatic rings. The van der Waals surface area contributed by atoms with Crippen molar-refractivity contribution in [3.8, 4) is 17.2 Å². The maximum atomic E-state index is 13.2. The highest BCUT2D eigenvalue weighted by Crippen LogP contribution is 2.40. The normalized spacial score (nSPS) is 17.1. The van der Waals surface area contributed by atoms with E-state index in [9.17, 15) is 14.7 Å². The lowest BCUT2D eigenvalue weighted by molar-refractivity contribution is -0.140. The average Bonchev–Trinajstić information content (AvgIpc) is 3.12. The summed E-state index contributed by atoms with van der Waals surface area (Å²) in [5, 5.41) is 11.2. The van der Waals surface area contributed by atoms with Crippen molar-refractivity contribution in [1.29, 1.82) is 0 Å². The molecule has 7 nitrogen and oxygen atoms in total. The van der Waals surface area contributed by atoms with Crippen molar-refractivity contribution in [2.75, 3.05) is 34.3 Å². The van der Waals surface area contributed by atoms with Crippen molar-refractivity contribution in [2.24, 2.45) is 0 Å². The topological polar surface area (TPSA) is 79.3 Å². The number of benzene rings is 3. The van der Waals surface area contributed by atoms with Crippen LogP contribution in [-0.2, 0) is 9.59 Å². The van der Waals surface area contributed by atoms with Crippen LogP contribution in [0.5, 0.6) is 17.2 Å². The molecule has 1 heterocycles. The second-order valence-electron chi connectivity index (χ2n) is 8.52. The molecule has 1 amide bonds. The Bertz CT molecular complexity index is 1250. The van der Waals surface area contributed by atoms with E-state index in [1.807, 2.05) is 67.5 Å². The summed E-state index contributed by atoms with van der Waals surface area (Å²) in [7, 11) is 5.32. The van der Waals surface area contributed by atoms with Gasteiger partial charge in [0.1, 0.15) is 23.0 Å². The first-order chi connectivity index (χ1) is 16.9. The third-order valence-electron chi connectivity index (χ3n) is 5.82. The highest BCUT2D eigenvalue weighted by molar-refractivity contribution is 6.46. The van der Waals surface area contributed by atoms with Gasteiger partial charge in [-0.15, -0.1) is 0 Å². The van der Waals surface area contributed by atoms with Gasteiger partial charge in [0, 0.05) is 18.7 Å². The van der Waals surface area contributed by atoms with Crippen molar-refractivity contribution >= 4 is 17.4 Å². The van der Waals surface area contributed by atoms with E-state index >= 15 is 0 Å². The summed E-state index contributed by atoms with van der Waals surface area (Å²) >= 11 is 0. The summed E-state index contributed by atoms with van der Waals surface area (Å²) in [6.07, 6.45) is 0. The zero-order chi connectivity index (χ0) is 24.9. The van der Waals surface area contributed by atoms with Gasteiger partial charge in [-0.1, -0.05) is 42.5 Å². The first-order valence-electron chi connectivity index (χ1n) is 11.3. The Morgan fingerprint density at radius 3 is 2.31 bits per heavy atom. The largest absolute Gasteiger partial charge is 0.507 e. The van der Waals surface area contributed by atoms with E-state index < -0.39 is 17.7 Å². The third kappa shape index (κ3) is 5.20. The molecule has 1 aliphatic heterocycles. The Balaban J connectivity index is 1.80. The number of nitrogens with zero attached hydrogens (tertiary/aromatic N) is 2. The monoisotopic (exact) mass is 472 g/mol. The van der Waals surface area contributed by atoms with E-state index in [-0.39, 0.29) is 11.3 Å². The van der Waals surface area contributed by atoms with Crippen LogP contribution in [0.25, 0.3) is 5.76 Å². The van der Waals surface area contributed by atoms with Gasteiger partial charge in [0.15, 0.2) is 0 Å². The highest BCUT2D eigenvalue weighted by Gasteiger charge is 2.46. The SMILES string of the molecule is COc1cccc(/C(O)=C2\C(=O)C(=O)N(CCN(C)C)C2c2cccc(Oc3ccccc3)c2)c1. The molecule has 1 N–H and O–H groups in total. The Kier molecular flexibility index (Phi) is 7.17. The predicted molar refractivity (Wildman–Crippen MR) is 134 cm³/mol. The predicted octanol–water partition coefficient (Wildman–Crippen LogP) is 4.47. The smallest absolute Gasteiger partial charge is 0.295 e. The lowest BCUT2D eigenvalue weighted by Crippen LogP contribution is -2.35. The van der Waals surface area contributed by atoms with Crippen LogP contribution in [0.3, 0.4) is 0 Å². The quantitative estimate of drug-likeness (QED) is 0.296. The number of carbonyl (C=O) groups is 2. The zero-order valence-electron chi connectivity index (χ0n) is 20.0. The van der Waals surface area contributed by atoms with Crippen molar-refractivity contribution in [3.05, 3.63) is 95.6 Å². The van der Waals surface area contributed by atoms with Crippen LogP contribution < -0.4 is 9.47 Å². The number of hydrogen-bond donors (Lipinski definition) is 1. The Morgan fingerprint density at radius 2 is 1.60 bits per heavy atom. The molecule has 0 spiro atoms. The molecule has 1 fully saturated rings. The van der Waals surface area contributed by atoms with Gasteiger partial charge in [-0.3, -0.25) is 9.59 Å². The van der Waals surface area contributed by atoms with Gasteiger partial charge >= 0.3 is 0 Å². The van der Waals surface area contributed by atoms with Crippen molar-refractivity contribution in [2.45, 2.75) is 6.04 Å². The summed E-state index contributed by atoms with van der Waals surface area (Å²) < 4.78 is 11.3. The number of amides is 1. The minimum atomic E-state index is -0.763. The molecule has 0 saturated carbocycles. The second kappa shape index (κ2) is 10.4. The Labute approximate surface area is 204 Å². The van der Waals surface area contributed by atoms with E-state index in [0.717, 1.165) is 0 Å². The van der Waals surface area contributed by atoms with Crippen LogP contribution in [-0.4, -0.2) is 60.9 Å². The van der Waals surface area contributed by atoms with Crippen LogP contribution in [0.1, 0.15) is 17.2 Å². The van der Waals surface area contributed by atoms with E-state index in [4.69, 9.17) is 9.47 Å². The molecule has 0 aromatic heterocycles. The van der Waals surface area contributed by atoms with Gasteiger partial charge < -0.3 is 24.4 Å². The molecular formula is C28H28N2O5.